The van der Waals surface area contributed by atoms with E-state index in [9.17, 15) is 13.7 Å². The number of nitriles is 1. The van der Waals surface area contributed by atoms with Crippen molar-refractivity contribution < 1.29 is 8.42 Å². The van der Waals surface area contributed by atoms with E-state index in [2.05, 4.69) is 30.8 Å². The molecule has 3 saturated carbocycles. The molecule has 0 unspecified atom stereocenters. The number of sulfonamides is 1. The predicted octanol–water partition coefficient (Wildman–Crippen LogP) is 1.19. The predicted molar refractivity (Wildman–Crippen MR) is 103 cm³/mol. The highest BCUT2D eigenvalue weighted by Crippen LogP contribution is 2.61. The van der Waals surface area contributed by atoms with Crippen molar-refractivity contribution in [1.82, 2.24) is 29.3 Å². The van der Waals surface area contributed by atoms with Gasteiger partial charge in [0, 0.05) is 23.0 Å². The molecule has 3 heterocycles. The van der Waals surface area contributed by atoms with Crippen LogP contribution in [0.4, 0.5) is 5.82 Å². The van der Waals surface area contributed by atoms with Crippen LogP contribution in [0.25, 0.3) is 16.9 Å². The molecule has 2 bridgehead atoms. The standard InChI is InChI=1S/C18H18N8O2S/c1-11-13(14-6-22-16-15(20)23-10-24-26(14)16)4-12(5-21-11)29(27,28)25-18-3-2-17(7-18,8-18)9-19/h4-6,10,25H,2-3,7-8H2,1H3,(H2,20,23,24). The Labute approximate surface area is 166 Å². The Hall–Kier alpha value is -3.10. The molecule has 3 aromatic rings. The Morgan fingerprint density at radius 3 is 2.76 bits per heavy atom. The molecule has 0 atom stereocenters. The first-order valence-electron chi connectivity index (χ1n) is 9.13. The average molecular weight is 410 g/mol. The SMILES string of the molecule is Cc1ncc(S(=O)(=O)NC23CCC(C#N)(C2)C3)cc1-c1cnc2c(N)ncnn12. The summed E-state index contributed by atoms with van der Waals surface area (Å²) in [5.74, 6) is 0.230. The number of anilines is 1. The summed E-state index contributed by atoms with van der Waals surface area (Å²) in [6.07, 6.45) is 6.75. The van der Waals surface area contributed by atoms with Gasteiger partial charge in [0.2, 0.25) is 10.0 Å². The van der Waals surface area contributed by atoms with Crippen molar-refractivity contribution in [2.24, 2.45) is 5.41 Å². The second-order valence-corrected chi connectivity index (χ2v) is 9.64. The fourth-order valence-corrected chi connectivity index (χ4v) is 6.02. The van der Waals surface area contributed by atoms with Gasteiger partial charge >= 0.3 is 0 Å². The second-order valence-electron chi connectivity index (χ2n) is 7.96. The van der Waals surface area contributed by atoms with E-state index in [-0.39, 0.29) is 16.1 Å². The highest BCUT2D eigenvalue weighted by Gasteiger charge is 2.62. The van der Waals surface area contributed by atoms with E-state index in [1.54, 1.807) is 19.2 Å². The number of nitrogens with two attached hydrogens (primary N) is 1. The first-order chi connectivity index (χ1) is 13.8. The molecule has 6 rings (SSSR count). The second kappa shape index (κ2) is 5.71. The van der Waals surface area contributed by atoms with Gasteiger partial charge < -0.3 is 5.73 Å². The Morgan fingerprint density at radius 1 is 1.24 bits per heavy atom. The molecule has 3 aliphatic rings. The fourth-order valence-electron chi connectivity index (χ4n) is 4.62. The molecule has 3 aromatic heterocycles. The molecule has 148 valence electrons. The third kappa shape index (κ3) is 2.60. The van der Waals surface area contributed by atoms with Crippen LogP contribution in [-0.4, -0.2) is 38.5 Å². The van der Waals surface area contributed by atoms with Crippen molar-refractivity contribution in [3.8, 4) is 17.3 Å². The van der Waals surface area contributed by atoms with E-state index >= 15 is 0 Å². The lowest BCUT2D eigenvalue weighted by atomic mass is 9.66. The molecule has 0 spiro atoms. The molecule has 3 aliphatic carbocycles. The quantitative estimate of drug-likeness (QED) is 0.650. The van der Waals surface area contributed by atoms with Gasteiger partial charge in [0.1, 0.15) is 11.2 Å². The van der Waals surface area contributed by atoms with Gasteiger partial charge in [-0.2, -0.15) is 10.4 Å². The van der Waals surface area contributed by atoms with Crippen LogP contribution < -0.4 is 10.5 Å². The van der Waals surface area contributed by atoms with Gasteiger partial charge in [-0.3, -0.25) is 4.98 Å². The maximum Gasteiger partial charge on any atom is 0.242 e. The summed E-state index contributed by atoms with van der Waals surface area (Å²) < 4.78 is 30.5. The zero-order valence-electron chi connectivity index (χ0n) is 15.6. The largest absolute Gasteiger partial charge is 0.381 e. The first kappa shape index (κ1) is 18.0. The van der Waals surface area contributed by atoms with E-state index < -0.39 is 15.6 Å². The molecule has 0 amide bonds. The molecule has 0 saturated heterocycles. The first-order valence-corrected chi connectivity index (χ1v) is 10.6. The number of hydrogen-bond donors (Lipinski definition) is 2. The van der Waals surface area contributed by atoms with Gasteiger partial charge in [-0.25, -0.2) is 27.6 Å². The molecule has 11 heteroatoms. The van der Waals surface area contributed by atoms with E-state index in [1.165, 1.54) is 17.0 Å². The average Bonchev–Trinajstić information content (AvgIpc) is 3.33. The highest BCUT2D eigenvalue weighted by molar-refractivity contribution is 7.89. The van der Waals surface area contributed by atoms with Crippen molar-refractivity contribution in [2.45, 2.75) is 43.0 Å². The van der Waals surface area contributed by atoms with Crippen LogP contribution in [-0.2, 0) is 10.0 Å². The molecular formula is C18H18N8O2S. The van der Waals surface area contributed by atoms with E-state index in [4.69, 9.17) is 5.73 Å². The molecule has 0 radical (unpaired) electrons. The third-order valence-electron chi connectivity index (χ3n) is 6.00. The van der Waals surface area contributed by atoms with Crippen LogP contribution in [0.2, 0.25) is 0 Å². The number of nitrogens with zero attached hydrogens (tertiary/aromatic N) is 6. The molecule has 0 aromatic carbocycles. The number of pyridine rings is 1. The van der Waals surface area contributed by atoms with Crippen LogP contribution >= 0.6 is 0 Å². The summed E-state index contributed by atoms with van der Waals surface area (Å²) in [4.78, 5) is 12.5. The number of aryl methyl sites for hydroxylation is 1. The van der Waals surface area contributed by atoms with Crippen LogP contribution in [0, 0.1) is 23.7 Å². The molecular weight excluding hydrogens is 392 g/mol. The molecule has 29 heavy (non-hydrogen) atoms. The molecule has 3 fully saturated rings. The molecule has 0 aliphatic heterocycles. The molecule has 10 nitrogen and oxygen atoms in total. The minimum absolute atomic E-state index is 0.0609. The van der Waals surface area contributed by atoms with Crippen LogP contribution in [0.1, 0.15) is 31.4 Å². The topological polar surface area (TPSA) is 152 Å². The minimum Gasteiger partial charge on any atom is -0.381 e. The zero-order valence-corrected chi connectivity index (χ0v) is 16.4. The Morgan fingerprint density at radius 2 is 2.03 bits per heavy atom. The van der Waals surface area contributed by atoms with Crippen molar-refractivity contribution in [2.75, 3.05) is 5.73 Å². The third-order valence-corrected chi connectivity index (χ3v) is 7.55. The van der Waals surface area contributed by atoms with Gasteiger partial charge in [-0.15, -0.1) is 0 Å². The highest BCUT2D eigenvalue weighted by atomic mass is 32.2. The van der Waals surface area contributed by atoms with Gasteiger partial charge in [-0.1, -0.05) is 0 Å². The summed E-state index contributed by atoms with van der Waals surface area (Å²) in [6, 6.07) is 3.90. The van der Waals surface area contributed by atoms with E-state index in [0.717, 1.165) is 6.42 Å². The van der Waals surface area contributed by atoms with Gasteiger partial charge in [0.15, 0.2) is 11.5 Å². The van der Waals surface area contributed by atoms with Gasteiger partial charge in [0.25, 0.3) is 0 Å². The normalized spacial score (nSPS) is 25.7. The van der Waals surface area contributed by atoms with Gasteiger partial charge in [-0.05, 0) is 38.7 Å². The number of hydrogen-bond acceptors (Lipinski definition) is 8. The Balaban J connectivity index is 1.53. The van der Waals surface area contributed by atoms with Crippen molar-refractivity contribution in [3.05, 3.63) is 30.5 Å². The summed E-state index contributed by atoms with van der Waals surface area (Å²) in [7, 11) is -3.80. The fraction of sp³-hybridized carbons (Fsp3) is 0.389. The van der Waals surface area contributed by atoms with E-state index in [1.807, 2.05) is 0 Å². The van der Waals surface area contributed by atoms with Gasteiger partial charge in [0.05, 0.1) is 23.4 Å². The summed E-state index contributed by atoms with van der Waals surface area (Å²) in [5.41, 5.74) is 7.13. The Kier molecular flexibility index (Phi) is 3.54. The maximum atomic E-state index is 13.1. The number of nitrogen functional groups attached to an aromatic ring is 1. The number of rotatable bonds is 4. The minimum atomic E-state index is -3.80. The van der Waals surface area contributed by atoms with E-state index in [0.29, 0.717) is 41.9 Å². The lowest BCUT2D eigenvalue weighted by Crippen LogP contribution is -2.55. The van der Waals surface area contributed by atoms with Crippen molar-refractivity contribution in [3.63, 3.8) is 0 Å². The van der Waals surface area contributed by atoms with Crippen LogP contribution in [0.15, 0.2) is 29.7 Å². The summed E-state index contributed by atoms with van der Waals surface area (Å²) in [5, 5.41) is 13.5. The number of aromatic nitrogens is 5. The maximum absolute atomic E-state index is 13.1. The lowest BCUT2D eigenvalue weighted by molar-refractivity contribution is 0.161. The smallest absolute Gasteiger partial charge is 0.242 e. The summed E-state index contributed by atoms with van der Waals surface area (Å²) >= 11 is 0. The number of imidazole rings is 1. The summed E-state index contributed by atoms with van der Waals surface area (Å²) in [6.45, 7) is 1.78. The zero-order chi connectivity index (χ0) is 20.4. The number of fused-ring (bicyclic) bond motifs is 2. The lowest BCUT2D eigenvalue weighted by Gasteiger charge is -2.43. The monoisotopic (exact) mass is 410 g/mol. The Bertz CT molecular complexity index is 1300. The van der Waals surface area contributed by atoms with Crippen LogP contribution in [0.5, 0.6) is 0 Å². The van der Waals surface area contributed by atoms with Crippen LogP contribution in [0.3, 0.4) is 0 Å². The van der Waals surface area contributed by atoms with Crippen molar-refractivity contribution in [1.29, 1.82) is 5.26 Å². The molecule has 3 N–H and O–H groups in total. The van der Waals surface area contributed by atoms with Crippen molar-refractivity contribution >= 4 is 21.5 Å². The number of nitrogens with one attached hydrogen (secondary N) is 1.